The Morgan fingerprint density at radius 1 is 0.725 bits per heavy atom. The van der Waals surface area contributed by atoms with Gasteiger partial charge in [0, 0.05) is 47.0 Å². The molecule has 0 radical (unpaired) electrons. The summed E-state index contributed by atoms with van der Waals surface area (Å²) in [5.74, 6) is -0.575. The molecule has 0 saturated carbocycles. The van der Waals surface area contributed by atoms with E-state index in [1.54, 1.807) is 54.9 Å². The summed E-state index contributed by atoms with van der Waals surface area (Å²) < 4.78 is 1.92. The van der Waals surface area contributed by atoms with Gasteiger partial charge in [-0.25, -0.2) is 15.0 Å². The Hall–Kier alpha value is -7.14. The molecule has 0 unspecified atom stereocenters. The second kappa shape index (κ2) is 14.1. The van der Waals surface area contributed by atoms with Gasteiger partial charge in [0.1, 0.15) is 11.3 Å². The van der Waals surface area contributed by atoms with E-state index in [0.29, 0.717) is 50.7 Å². The van der Waals surface area contributed by atoms with Crippen molar-refractivity contribution < 1.29 is 19.5 Å². The molecule has 0 spiro atoms. The zero-order valence-corrected chi connectivity index (χ0v) is 27.2. The molecule has 0 atom stereocenters. The molecule has 4 aromatic carbocycles. The van der Waals surface area contributed by atoms with Gasteiger partial charge >= 0.3 is 5.97 Å². The summed E-state index contributed by atoms with van der Waals surface area (Å²) in [4.78, 5) is 50.8. The highest BCUT2D eigenvalue weighted by Crippen LogP contribution is 2.32. The minimum atomic E-state index is -0.959. The second-order valence-electron chi connectivity index (χ2n) is 11.8. The largest absolute Gasteiger partial charge is 0.481 e. The fraction of sp³-hybridized carbons (Fsp3) is 0.0500. The normalized spacial score (nSPS) is 10.9. The molecule has 0 aliphatic heterocycles. The molecule has 7 aromatic rings. The van der Waals surface area contributed by atoms with Crippen LogP contribution in [0.25, 0.3) is 39.4 Å². The molecular formula is C40H31N7O4. The number of carboxylic acid groups (broad SMARTS) is 1. The number of hydrogen-bond acceptors (Lipinski definition) is 7. The van der Waals surface area contributed by atoms with E-state index in [2.05, 4.69) is 15.6 Å². The molecule has 2 amide bonds. The van der Waals surface area contributed by atoms with Crippen LogP contribution in [0.15, 0.2) is 134 Å². The number of nitrogens with one attached hydrogen (secondary N) is 2. The summed E-state index contributed by atoms with van der Waals surface area (Å²) in [6.07, 6.45) is 3.23. The van der Waals surface area contributed by atoms with Gasteiger partial charge in [0.25, 0.3) is 11.8 Å². The van der Waals surface area contributed by atoms with Crippen molar-refractivity contribution in [2.75, 3.05) is 11.1 Å². The Morgan fingerprint density at radius 2 is 1.51 bits per heavy atom. The molecule has 0 fully saturated rings. The minimum absolute atomic E-state index is 0.156. The summed E-state index contributed by atoms with van der Waals surface area (Å²) in [7, 11) is 0. The number of carbonyl (C=O) groups is 3. The number of imidazole rings is 1. The van der Waals surface area contributed by atoms with Crippen molar-refractivity contribution in [3.05, 3.63) is 156 Å². The molecule has 5 N–H and O–H groups in total. The van der Waals surface area contributed by atoms with Crippen molar-refractivity contribution in [2.45, 2.75) is 13.0 Å². The van der Waals surface area contributed by atoms with Crippen LogP contribution in [-0.2, 0) is 17.8 Å². The van der Waals surface area contributed by atoms with Crippen LogP contribution in [0.5, 0.6) is 0 Å². The van der Waals surface area contributed by atoms with Crippen LogP contribution >= 0.6 is 0 Å². The number of aromatic nitrogens is 4. The van der Waals surface area contributed by atoms with Gasteiger partial charge in [0.15, 0.2) is 11.5 Å². The third-order valence-corrected chi connectivity index (χ3v) is 8.26. The van der Waals surface area contributed by atoms with Gasteiger partial charge in [0.05, 0.1) is 12.0 Å². The maximum atomic E-state index is 12.8. The van der Waals surface area contributed by atoms with E-state index in [0.717, 1.165) is 22.4 Å². The number of anilines is 2. The highest BCUT2D eigenvalue weighted by Gasteiger charge is 2.19. The van der Waals surface area contributed by atoms with Gasteiger partial charge in [-0.3, -0.25) is 19.0 Å². The number of aliphatic carboxylic acids is 1. The summed E-state index contributed by atoms with van der Waals surface area (Å²) in [5, 5.41) is 14.9. The van der Waals surface area contributed by atoms with Crippen molar-refractivity contribution >= 4 is 40.5 Å². The first-order chi connectivity index (χ1) is 24.8. The van der Waals surface area contributed by atoms with E-state index in [4.69, 9.17) is 20.8 Å². The van der Waals surface area contributed by atoms with Crippen LogP contribution in [-0.4, -0.2) is 42.4 Å². The van der Waals surface area contributed by atoms with Crippen LogP contribution in [0.1, 0.15) is 31.8 Å². The Balaban J connectivity index is 1.17. The number of fused-ring (bicyclic) bond motifs is 1. The first-order valence-electron chi connectivity index (χ1n) is 16.1. The quantitative estimate of drug-likeness (QED) is 0.127. The Bertz CT molecular complexity index is 2410. The number of pyridine rings is 2. The van der Waals surface area contributed by atoms with E-state index in [-0.39, 0.29) is 24.8 Å². The molecule has 250 valence electrons. The van der Waals surface area contributed by atoms with Gasteiger partial charge in [0.2, 0.25) is 0 Å². The van der Waals surface area contributed by atoms with Crippen molar-refractivity contribution in [1.82, 2.24) is 24.8 Å². The number of amides is 2. The summed E-state index contributed by atoms with van der Waals surface area (Å²) in [5.41, 5.74) is 13.7. The highest BCUT2D eigenvalue weighted by molar-refractivity contribution is 6.04. The Kier molecular flexibility index (Phi) is 8.99. The van der Waals surface area contributed by atoms with E-state index in [1.165, 1.54) is 0 Å². The molecule has 0 aliphatic carbocycles. The van der Waals surface area contributed by atoms with Gasteiger partial charge in [-0.2, -0.15) is 0 Å². The number of nitrogen functional groups attached to an aromatic ring is 1. The van der Waals surface area contributed by atoms with Gasteiger partial charge in [-0.05, 0) is 83.4 Å². The average Bonchev–Trinajstić information content (AvgIpc) is 3.53. The molecule has 0 aliphatic rings. The smallest absolute Gasteiger partial charge is 0.307 e. The maximum Gasteiger partial charge on any atom is 0.307 e. The van der Waals surface area contributed by atoms with Crippen LogP contribution in [0.2, 0.25) is 0 Å². The van der Waals surface area contributed by atoms with Crippen LogP contribution in [0.3, 0.4) is 0 Å². The number of carbonyl (C=O) groups excluding carboxylic acids is 2. The molecule has 3 heterocycles. The lowest BCUT2D eigenvalue weighted by Gasteiger charge is -2.12. The summed E-state index contributed by atoms with van der Waals surface area (Å²) >= 11 is 0. The standard InChI is InChI=1S/C40H31N7O4/c41-36-33(13-6-18-42-36)37-46-34-22-30(28-10-5-12-31(21-28)45-40(51)27-8-2-1-3-9-27)24-43-38(34)47(37)32-16-14-25(15-17-32)23-44-39(50)29-11-4-7-26(19-29)20-35(48)49/h1-19,21-22,24H,20,23H2,(H2,41,42)(H,44,50)(H,45,51)(H,48,49). The fourth-order valence-corrected chi connectivity index (χ4v) is 5.77. The molecule has 7 rings (SSSR count). The van der Waals surface area contributed by atoms with Crippen molar-refractivity contribution in [3.63, 3.8) is 0 Å². The molecule has 3 aromatic heterocycles. The van der Waals surface area contributed by atoms with Crippen molar-refractivity contribution in [1.29, 1.82) is 0 Å². The lowest BCUT2D eigenvalue weighted by Crippen LogP contribution is -2.23. The molecule has 11 heteroatoms. The minimum Gasteiger partial charge on any atom is -0.481 e. The highest BCUT2D eigenvalue weighted by atomic mass is 16.4. The van der Waals surface area contributed by atoms with E-state index in [9.17, 15) is 14.4 Å². The Labute approximate surface area is 292 Å². The summed E-state index contributed by atoms with van der Waals surface area (Å²) in [6, 6.07) is 36.4. The fourth-order valence-electron chi connectivity index (χ4n) is 5.77. The van der Waals surface area contributed by atoms with Crippen LogP contribution in [0, 0.1) is 0 Å². The monoisotopic (exact) mass is 673 g/mol. The maximum absolute atomic E-state index is 12.8. The third kappa shape index (κ3) is 7.18. The molecular weight excluding hydrogens is 642 g/mol. The van der Waals surface area contributed by atoms with Crippen molar-refractivity contribution in [2.24, 2.45) is 0 Å². The third-order valence-electron chi connectivity index (χ3n) is 8.26. The molecule has 0 bridgehead atoms. The summed E-state index contributed by atoms with van der Waals surface area (Å²) in [6.45, 7) is 0.266. The van der Waals surface area contributed by atoms with Gasteiger partial charge in [-0.15, -0.1) is 0 Å². The number of hydrogen-bond donors (Lipinski definition) is 4. The van der Waals surface area contributed by atoms with Crippen LogP contribution < -0.4 is 16.4 Å². The number of benzene rings is 4. The molecule has 0 saturated heterocycles. The van der Waals surface area contributed by atoms with Crippen molar-refractivity contribution in [3.8, 4) is 28.2 Å². The number of rotatable bonds is 10. The number of nitrogens with zero attached hydrogens (tertiary/aromatic N) is 4. The molecule has 51 heavy (non-hydrogen) atoms. The van der Waals surface area contributed by atoms with E-state index < -0.39 is 5.97 Å². The first kappa shape index (κ1) is 32.4. The van der Waals surface area contributed by atoms with E-state index >= 15 is 0 Å². The van der Waals surface area contributed by atoms with E-state index in [1.807, 2.05) is 83.4 Å². The second-order valence-corrected chi connectivity index (χ2v) is 11.8. The van der Waals surface area contributed by atoms with Gasteiger partial charge in [-0.1, -0.05) is 54.6 Å². The Morgan fingerprint density at radius 3 is 2.29 bits per heavy atom. The van der Waals surface area contributed by atoms with Gasteiger partial charge < -0.3 is 21.5 Å². The zero-order chi connectivity index (χ0) is 35.3. The first-order valence-corrected chi connectivity index (χ1v) is 16.1. The lowest BCUT2D eigenvalue weighted by molar-refractivity contribution is -0.136. The average molecular weight is 674 g/mol. The predicted octanol–water partition coefficient (Wildman–Crippen LogP) is 6.54. The number of nitrogens with two attached hydrogens (primary N) is 1. The van der Waals surface area contributed by atoms with Crippen LogP contribution in [0.4, 0.5) is 11.5 Å². The predicted molar refractivity (Wildman–Crippen MR) is 195 cm³/mol. The lowest BCUT2D eigenvalue weighted by atomic mass is 10.1. The zero-order valence-electron chi connectivity index (χ0n) is 27.2. The SMILES string of the molecule is Nc1ncccc1-c1nc2cc(-c3cccc(NC(=O)c4ccccc4)c3)cnc2n1-c1ccc(CNC(=O)c2cccc(CC(=O)O)c2)cc1. The molecule has 11 nitrogen and oxygen atoms in total. The topological polar surface area (TPSA) is 165 Å². The number of carboxylic acids is 1.